The van der Waals surface area contributed by atoms with E-state index >= 15 is 0 Å². The molecular formula is C15H24N2O2. The topological polar surface area (TPSA) is 41.6 Å². The van der Waals surface area contributed by atoms with Crippen LogP contribution >= 0.6 is 0 Å². The highest BCUT2D eigenvalue weighted by Gasteiger charge is 2.56. The third-order valence-electron chi connectivity index (χ3n) is 5.88. The van der Waals surface area contributed by atoms with E-state index in [9.17, 15) is 4.79 Å². The third kappa shape index (κ3) is 1.79. The van der Waals surface area contributed by atoms with E-state index in [1.165, 1.54) is 38.5 Å². The molecule has 1 amide bonds. The fourth-order valence-electron chi connectivity index (χ4n) is 5.64. The lowest BCUT2D eigenvalue weighted by Crippen LogP contribution is -2.60. The predicted molar refractivity (Wildman–Crippen MR) is 71.8 cm³/mol. The Morgan fingerprint density at radius 1 is 1.21 bits per heavy atom. The second kappa shape index (κ2) is 4.11. The number of likely N-dealkylation sites (N-methyl/N-ethyl adjacent to an activating group) is 1. The number of ether oxygens (including phenoxy) is 1. The number of rotatable bonds is 3. The minimum atomic E-state index is -0.0535. The minimum absolute atomic E-state index is 0.0468. The predicted octanol–water partition coefficient (Wildman–Crippen LogP) is 2.00. The maximum absolute atomic E-state index is 12.3. The Hall–Kier alpha value is -0.770. The van der Waals surface area contributed by atoms with Gasteiger partial charge in [0.2, 0.25) is 0 Å². The van der Waals surface area contributed by atoms with Gasteiger partial charge in [-0.2, -0.15) is 0 Å². The van der Waals surface area contributed by atoms with Crippen LogP contribution in [0.4, 0.5) is 4.79 Å². The van der Waals surface area contributed by atoms with Gasteiger partial charge in [-0.05, 0) is 63.3 Å². The van der Waals surface area contributed by atoms with Crippen LogP contribution in [0.1, 0.15) is 38.5 Å². The van der Waals surface area contributed by atoms with Gasteiger partial charge in [0.1, 0.15) is 6.10 Å². The molecule has 1 atom stereocenters. The summed E-state index contributed by atoms with van der Waals surface area (Å²) in [6, 6.07) is 0. The van der Waals surface area contributed by atoms with Gasteiger partial charge < -0.3 is 10.1 Å². The minimum Gasteiger partial charge on any atom is -0.443 e. The van der Waals surface area contributed by atoms with Crippen molar-refractivity contribution in [2.75, 3.05) is 20.1 Å². The van der Waals surface area contributed by atoms with Crippen molar-refractivity contribution in [3.8, 4) is 0 Å². The molecule has 106 valence electrons. The van der Waals surface area contributed by atoms with Gasteiger partial charge in [-0.25, -0.2) is 4.79 Å². The van der Waals surface area contributed by atoms with Gasteiger partial charge in [-0.1, -0.05) is 0 Å². The van der Waals surface area contributed by atoms with Crippen molar-refractivity contribution < 1.29 is 9.53 Å². The van der Waals surface area contributed by atoms with Crippen molar-refractivity contribution in [2.24, 2.45) is 17.8 Å². The van der Waals surface area contributed by atoms with Crippen molar-refractivity contribution in [3.05, 3.63) is 0 Å². The van der Waals surface area contributed by atoms with E-state index in [0.29, 0.717) is 0 Å². The molecule has 1 heterocycles. The number of hydrogen-bond acceptors (Lipinski definition) is 3. The molecule has 19 heavy (non-hydrogen) atoms. The summed E-state index contributed by atoms with van der Waals surface area (Å²) < 4.78 is 5.53. The quantitative estimate of drug-likeness (QED) is 0.847. The third-order valence-corrected chi connectivity index (χ3v) is 5.88. The van der Waals surface area contributed by atoms with Crippen LogP contribution in [-0.2, 0) is 4.74 Å². The summed E-state index contributed by atoms with van der Waals surface area (Å²) >= 11 is 0. The maximum Gasteiger partial charge on any atom is 0.410 e. The zero-order valence-corrected chi connectivity index (χ0v) is 11.7. The van der Waals surface area contributed by atoms with Crippen LogP contribution in [0.25, 0.3) is 0 Å². The molecule has 5 rings (SSSR count). The summed E-state index contributed by atoms with van der Waals surface area (Å²) in [7, 11) is 1.92. The van der Waals surface area contributed by atoms with Crippen molar-refractivity contribution >= 4 is 6.09 Å². The Bertz CT molecular complexity index is 360. The summed E-state index contributed by atoms with van der Waals surface area (Å²) in [5.74, 6) is 2.63. The highest BCUT2D eigenvalue weighted by molar-refractivity contribution is 5.71. The van der Waals surface area contributed by atoms with Gasteiger partial charge in [0.15, 0.2) is 0 Å². The molecule has 5 fully saturated rings. The average Bonchev–Trinajstić information content (AvgIpc) is 2.70. The number of hydrogen-bond donors (Lipinski definition) is 1. The highest BCUT2D eigenvalue weighted by Crippen LogP contribution is 2.58. The van der Waals surface area contributed by atoms with E-state index in [1.54, 1.807) is 0 Å². The standard InChI is InChI=1S/C15H24N2O2/c1-16-8-13-9-17(14(18)19-13)15-5-10-2-11(6-15)4-12(3-10)7-15/h10-13,16H,2-9H2,1H3. The molecule has 5 aliphatic rings. The Kier molecular flexibility index (Phi) is 2.60. The number of nitrogens with one attached hydrogen (secondary N) is 1. The van der Waals surface area contributed by atoms with Crippen LogP contribution in [0.3, 0.4) is 0 Å². The number of carbonyl (C=O) groups excluding carboxylic acids is 1. The van der Waals surface area contributed by atoms with Crippen LogP contribution in [0.2, 0.25) is 0 Å². The van der Waals surface area contributed by atoms with Crippen LogP contribution in [0, 0.1) is 17.8 Å². The molecule has 4 nitrogen and oxygen atoms in total. The smallest absolute Gasteiger partial charge is 0.410 e. The molecule has 4 heteroatoms. The van der Waals surface area contributed by atoms with Crippen molar-refractivity contribution in [2.45, 2.75) is 50.2 Å². The second-order valence-corrected chi connectivity index (χ2v) is 7.32. The number of cyclic esters (lactones) is 1. The first kappa shape index (κ1) is 12.0. The lowest BCUT2D eigenvalue weighted by atomic mass is 9.52. The fourth-order valence-corrected chi connectivity index (χ4v) is 5.64. The van der Waals surface area contributed by atoms with E-state index in [0.717, 1.165) is 30.8 Å². The van der Waals surface area contributed by atoms with Gasteiger partial charge in [0, 0.05) is 12.1 Å². The van der Waals surface area contributed by atoms with Gasteiger partial charge >= 0.3 is 6.09 Å². The molecule has 0 aromatic heterocycles. The zero-order chi connectivity index (χ0) is 13.0. The first-order valence-corrected chi connectivity index (χ1v) is 7.81. The normalized spacial score (nSPS) is 47.8. The van der Waals surface area contributed by atoms with Crippen LogP contribution < -0.4 is 5.32 Å². The molecule has 0 aromatic carbocycles. The Balaban J connectivity index is 1.57. The van der Waals surface area contributed by atoms with Crippen molar-refractivity contribution in [1.82, 2.24) is 10.2 Å². The molecule has 0 aromatic rings. The van der Waals surface area contributed by atoms with Crippen LogP contribution in [0.5, 0.6) is 0 Å². The SMILES string of the molecule is CNCC1CN(C23CC4CC(CC(C4)C2)C3)C(=O)O1. The lowest BCUT2D eigenvalue weighted by Gasteiger charge is -2.59. The number of nitrogens with zero attached hydrogens (tertiary/aromatic N) is 1. The van der Waals surface area contributed by atoms with Crippen molar-refractivity contribution in [3.63, 3.8) is 0 Å². The first-order valence-electron chi connectivity index (χ1n) is 7.81. The van der Waals surface area contributed by atoms with Gasteiger partial charge in [-0.3, -0.25) is 4.90 Å². The van der Waals surface area contributed by atoms with E-state index in [2.05, 4.69) is 10.2 Å². The summed E-state index contributed by atoms with van der Waals surface area (Å²) in [5, 5.41) is 3.12. The lowest BCUT2D eigenvalue weighted by molar-refractivity contribution is -0.0662. The summed E-state index contributed by atoms with van der Waals surface area (Å²) in [6.07, 6.45) is 7.96. The van der Waals surface area contributed by atoms with Gasteiger partial charge in [0.25, 0.3) is 0 Å². The summed E-state index contributed by atoms with van der Waals surface area (Å²) in [5.41, 5.74) is 0.161. The monoisotopic (exact) mass is 264 g/mol. The fraction of sp³-hybridized carbons (Fsp3) is 0.933. The Morgan fingerprint density at radius 3 is 2.32 bits per heavy atom. The van der Waals surface area contributed by atoms with E-state index < -0.39 is 0 Å². The molecule has 0 radical (unpaired) electrons. The Labute approximate surface area is 114 Å². The molecule has 4 bridgehead atoms. The van der Waals surface area contributed by atoms with Crippen molar-refractivity contribution in [1.29, 1.82) is 0 Å². The second-order valence-electron chi connectivity index (χ2n) is 7.32. The molecule has 4 aliphatic carbocycles. The highest BCUT2D eigenvalue weighted by atomic mass is 16.6. The summed E-state index contributed by atoms with van der Waals surface area (Å²) in [6.45, 7) is 1.57. The van der Waals surface area contributed by atoms with E-state index in [1.807, 2.05) is 7.05 Å². The molecule has 1 unspecified atom stereocenters. The molecule has 1 N–H and O–H groups in total. The summed E-state index contributed by atoms with van der Waals surface area (Å²) in [4.78, 5) is 14.4. The first-order chi connectivity index (χ1) is 9.18. The Morgan fingerprint density at radius 2 is 1.79 bits per heavy atom. The molecule has 1 saturated heterocycles. The zero-order valence-electron chi connectivity index (χ0n) is 11.7. The maximum atomic E-state index is 12.3. The number of amides is 1. The number of carbonyl (C=O) groups is 1. The molecule has 4 saturated carbocycles. The molecule has 0 spiro atoms. The van der Waals surface area contributed by atoms with Crippen LogP contribution in [0.15, 0.2) is 0 Å². The van der Waals surface area contributed by atoms with E-state index in [4.69, 9.17) is 4.74 Å². The van der Waals surface area contributed by atoms with Crippen LogP contribution in [-0.4, -0.2) is 42.8 Å². The van der Waals surface area contributed by atoms with E-state index in [-0.39, 0.29) is 17.7 Å². The molecule has 1 aliphatic heterocycles. The average molecular weight is 264 g/mol. The van der Waals surface area contributed by atoms with Gasteiger partial charge in [0.05, 0.1) is 6.54 Å². The van der Waals surface area contributed by atoms with Gasteiger partial charge in [-0.15, -0.1) is 0 Å². The molecular weight excluding hydrogens is 240 g/mol. The largest absolute Gasteiger partial charge is 0.443 e.